The van der Waals surface area contributed by atoms with Gasteiger partial charge >= 0.3 is 11.9 Å². The molecule has 0 unspecified atom stereocenters. The lowest BCUT2D eigenvalue weighted by atomic mass is 10.1. The normalized spacial score (nSPS) is 11.8. The molecule has 0 aliphatic carbocycles. The molecule has 1 aromatic heterocycles. The van der Waals surface area contributed by atoms with Gasteiger partial charge in [-0.1, -0.05) is 4.67 Å². The van der Waals surface area contributed by atoms with Gasteiger partial charge in [0.2, 0.25) is 5.91 Å². The molecule has 0 saturated heterocycles. The second-order valence-electron chi connectivity index (χ2n) is 4.85. The van der Waals surface area contributed by atoms with Crippen molar-refractivity contribution < 1.29 is 4.79 Å². The number of hydrogen-bond donors (Lipinski definition) is 2. The minimum atomic E-state index is -0.0828. The second-order valence-corrected chi connectivity index (χ2v) is 4.85. The van der Waals surface area contributed by atoms with E-state index in [0.29, 0.717) is 0 Å². The van der Waals surface area contributed by atoms with E-state index in [0.717, 1.165) is 34.0 Å². The Labute approximate surface area is 122 Å². The molecule has 0 radical (unpaired) electrons. The average Bonchev–Trinajstić information content (AvgIpc) is 2.83. The zero-order valence-electron chi connectivity index (χ0n) is 11.8. The van der Waals surface area contributed by atoms with Gasteiger partial charge in [-0.15, -0.1) is 0 Å². The maximum Gasteiger partial charge on any atom is 0.312 e. The number of carbonyl (C=O) groups excluding carboxylic acids is 1. The molecular formula is C16H15N4O+. The lowest BCUT2D eigenvalue weighted by Gasteiger charge is -2.09. The molecule has 5 heteroatoms. The fourth-order valence-corrected chi connectivity index (χ4v) is 2.27. The van der Waals surface area contributed by atoms with Crippen LogP contribution in [0.5, 0.6) is 0 Å². The van der Waals surface area contributed by atoms with Crippen molar-refractivity contribution >= 4 is 35.0 Å². The van der Waals surface area contributed by atoms with Crippen molar-refractivity contribution in [2.45, 2.75) is 13.8 Å². The fraction of sp³-hybridized carbons (Fsp3) is 0.125. The highest BCUT2D eigenvalue weighted by Crippen LogP contribution is 2.23. The molecule has 0 bridgehead atoms. The molecule has 21 heavy (non-hydrogen) atoms. The fourth-order valence-electron chi connectivity index (χ4n) is 2.27. The van der Waals surface area contributed by atoms with Gasteiger partial charge in [0.15, 0.2) is 0 Å². The SMILES string of the molecule is CC(=O)Nc1ccc(Nc2nccc3c2C(C)=[N+]=C3)cc1. The van der Waals surface area contributed by atoms with E-state index in [1.54, 1.807) is 6.20 Å². The van der Waals surface area contributed by atoms with Gasteiger partial charge in [0.05, 0.1) is 5.56 Å². The van der Waals surface area contributed by atoms with Gasteiger partial charge in [0.1, 0.15) is 11.4 Å². The molecule has 1 amide bonds. The van der Waals surface area contributed by atoms with E-state index in [4.69, 9.17) is 0 Å². The van der Waals surface area contributed by atoms with E-state index < -0.39 is 0 Å². The summed E-state index contributed by atoms with van der Waals surface area (Å²) in [4.78, 5) is 15.4. The van der Waals surface area contributed by atoms with Crippen molar-refractivity contribution in [1.82, 2.24) is 9.65 Å². The highest BCUT2D eigenvalue weighted by atomic mass is 16.1. The molecule has 1 aliphatic heterocycles. The van der Waals surface area contributed by atoms with E-state index in [1.807, 2.05) is 43.5 Å². The van der Waals surface area contributed by atoms with Crippen LogP contribution in [0.4, 0.5) is 17.2 Å². The Hall–Kier alpha value is -2.91. The molecule has 3 rings (SSSR count). The first-order valence-corrected chi connectivity index (χ1v) is 6.65. The van der Waals surface area contributed by atoms with Crippen LogP contribution in [-0.4, -0.2) is 22.8 Å². The summed E-state index contributed by atoms with van der Waals surface area (Å²) in [6.45, 7) is 3.46. The van der Waals surface area contributed by atoms with Crippen LogP contribution in [0, 0.1) is 0 Å². The number of nitrogens with zero attached hydrogens (tertiary/aromatic N) is 2. The molecular weight excluding hydrogens is 264 g/mol. The number of benzene rings is 1. The van der Waals surface area contributed by atoms with Crippen LogP contribution in [0.25, 0.3) is 0 Å². The number of pyridine rings is 1. The van der Waals surface area contributed by atoms with Gasteiger partial charge in [-0.05, 0) is 30.3 Å². The molecule has 0 saturated carbocycles. The third-order valence-electron chi connectivity index (χ3n) is 3.21. The number of hydrogen-bond acceptors (Lipinski definition) is 3. The Balaban J connectivity index is 1.84. The van der Waals surface area contributed by atoms with Crippen LogP contribution >= 0.6 is 0 Å². The zero-order valence-corrected chi connectivity index (χ0v) is 11.8. The number of carbonyl (C=O) groups is 1. The van der Waals surface area contributed by atoms with Gasteiger partial charge in [0, 0.05) is 31.4 Å². The van der Waals surface area contributed by atoms with Gasteiger partial charge in [-0.2, -0.15) is 0 Å². The molecule has 0 atom stereocenters. The Morgan fingerprint density at radius 1 is 1.14 bits per heavy atom. The summed E-state index contributed by atoms with van der Waals surface area (Å²) in [7, 11) is 0. The molecule has 1 aromatic carbocycles. The maximum atomic E-state index is 11.0. The lowest BCUT2D eigenvalue weighted by Crippen LogP contribution is -2.06. The van der Waals surface area contributed by atoms with Crippen molar-refractivity contribution in [2.24, 2.45) is 0 Å². The number of fused-ring (bicyclic) bond motifs is 1. The molecule has 2 aromatic rings. The number of amides is 1. The number of anilines is 3. The Bertz CT molecular complexity index is 771. The first-order chi connectivity index (χ1) is 10.1. The van der Waals surface area contributed by atoms with Crippen LogP contribution in [-0.2, 0) is 4.79 Å². The van der Waals surface area contributed by atoms with Gasteiger partial charge < -0.3 is 10.6 Å². The Morgan fingerprint density at radius 3 is 2.57 bits per heavy atom. The maximum absolute atomic E-state index is 11.0. The zero-order chi connectivity index (χ0) is 14.8. The van der Waals surface area contributed by atoms with Gasteiger partial charge in [-0.25, -0.2) is 4.98 Å². The highest BCUT2D eigenvalue weighted by molar-refractivity contribution is 6.14. The first kappa shape index (κ1) is 13.1. The van der Waals surface area contributed by atoms with Crippen molar-refractivity contribution in [3.63, 3.8) is 0 Å². The van der Waals surface area contributed by atoms with Crippen LogP contribution in [0.3, 0.4) is 0 Å². The van der Waals surface area contributed by atoms with Gasteiger partial charge in [-0.3, -0.25) is 4.79 Å². The predicted molar refractivity (Wildman–Crippen MR) is 85.3 cm³/mol. The van der Waals surface area contributed by atoms with Crippen LogP contribution in [0.15, 0.2) is 36.5 Å². The third kappa shape index (κ3) is 2.68. The molecule has 0 fully saturated rings. The summed E-state index contributed by atoms with van der Waals surface area (Å²) in [5, 5.41) is 6.03. The molecule has 104 valence electrons. The quantitative estimate of drug-likeness (QED) is 0.845. The largest absolute Gasteiger partial charge is 0.339 e. The summed E-state index contributed by atoms with van der Waals surface area (Å²) in [5.41, 5.74) is 4.73. The average molecular weight is 279 g/mol. The number of nitrogens with one attached hydrogen (secondary N) is 2. The van der Waals surface area contributed by atoms with Crippen molar-refractivity contribution in [2.75, 3.05) is 10.6 Å². The van der Waals surface area contributed by atoms with E-state index >= 15 is 0 Å². The lowest BCUT2D eigenvalue weighted by molar-refractivity contribution is -0.114. The Morgan fingerprint density at radius 2 is 1.86 bits per heavy atom. The van der Waals surface area contributed by atoms with Crippen molar-refractivity contribution in [3.05, 3.63) is 47.7 Å². The minimum absolute atomic E-state index is 0.0828. The molecule has 2 N–H and O–H groups in total. The van der Waals surface area contributed by atoms with Crippen LogP contribution < -0.4 is 15.3 Å². The Kier molecular flexibility index (Phi) is 3.26. The first-order valence-electron chi connectivity index (χ1n) is 6.65. The van der Waals surface area contributed by atoms with E-state index in [9.17, 15) is 4.79 Å². The third-order valence-corrected chi connectivity index (χ3v) is 3.21. The van der Waals surface area contributed by atoms with Crippen LogP contribution in [0.2, 0.25) is 0 Å². The number of aromatic nitrogens is 1. The molecule has 5 nitrogen and oxygen atoms in total. The summed E-state index contributed by atoms with van der Waals surface area (Å²) >= 11 is 0. The predicted octanol–water partition coefficient (Wildman–Crippen LogP) is 2.09. The van der Waals surface area contributed by atoms with E-state index in [2.05, 4.69) is 20.3 Å². The summed E-state index contributed by atoms with van der Waals surface area (Å²) in [5.74, 6) is 0.704. The minimum Gasteiger partial charge on any atom is -0.339 e. The van der Waals surface area contributed by atoms with Crippen LogP contribution in [0.1, 0.15) is 25.0 Å². The highest BCUT2D eigenvalue weighted by Gasteiger charge is 2.24. The monoisotopic (exact) mass is 279 g/mol. The van der Waals surface area contributed by atoms with E-state index in [-0.39, 0.29) is 5.91 Å². The van der Waals surface area contributed by atoms with Crippen molar-refractivity contribution in [3.8, 4) is 0 Å². The van der Waals surface area contributed by atoms with E-state index in [1.165, 1.54) is 6.92 Å². The van der Waals surface area contributed by atoms with Crippen molar-refractivity contribution in [1.29, 1.82) is 0 Å². The smallest absolute Gasteiger partial charge is 0.312 e. The molecule has 2 heterocycles. The topological polar surface area (TPSA) is 68.1 Å². The summed E-state index contributed by atoms with van der Waals surface area (Å²) in [6, 6.07) is 9.44. The molecule has 0 spiro atoms. The second kappa shape index (κ2) is 5.23. The standard InChI is InChI=1S/C16H14N4O/c1-10-15-12(9-18-10)7-8-17-16(15)20-14-5-3-13(4-6-14)19-11(2)21/h3-9H,1-2H3,(H,17,18,19,21)/p+1. The number of rotatable bonds is 3. The molecule has 1 aliphatic rings. The van der Waals surface area contributed by atoms with Gasteiger partial charge in [0.25, 0.3) is 0 Å². The summed E-state index contributed by atoms with van der Waals surface area (Å²) < 4.78 is 4.32. The summed E-state index contributed by atoms with van der Waals surface area (Å²) in [6.07, 6.45) is 3.61.